The second-order valence-corrected chi connectivity index (χ2v) is 23.6. The summed E-state index contributed by atoms with van der Waals surface area (Å²) in [4.78, 5) is 18.4. The van der Waals surface area contributed by atoms with Gasteiger partial charge in [0.1, 0.15) is 21.0 Å². The van der Waals surface area contributed by atoms with E-state index >= 15 is 0 Å². The molecule has 5 aromatic heterocycles. The maximum Gasteiger partial charge on any atom is 0.305 e. The number of hydrogen-bond donors (Lipinski definition) is 5. The number of nitrogens with one attached hydrogen (secondary N) is 2. The Kier molecular flexibility index (Phi) is 15.6. The number of fused-ring (bicyclic) bond motifs is 2. The summed E-state index contributed by atoms with van der Waals surface area (Å²) in [6, 6.07) is 10.6. The first-order chi connectivity index (χ1) is 31.7. The number of azo groups is 2. The van der Waals surface area contributed by atoms with Crippen molar-refractivity contribution < 1.29 is 38.9 Å². The zero-order valence-corrected chi connectivity index (χ0v) is 43.0. The molecule has 5 heterocycles. The van der Waals surface area contributed by atoms with Crippen molar-refractivity contribution in [3.8, 4) is 0 Å². The largest absolute Gasteiger partial charge is 0.372 e. The third-order valence-electron chi connectivity index (χ3n) is 9.33. The second kappa shape index (κ2) is 20.7. The van der Waals surface area contributed by atoms with E-state index in [9.17, 15) is 38.9 Å². The van der Waals surface area contributed by atoms with Gasteiger partial charge in [-0.3, -0.25) is 13.7 Å². The molecule has 0 unspecified atom stereocenters. The lowest BCUT2D eigenvalue weighted by Crippen LogP contribution is -2.21. The molecule has 0 aliphatic carbocycles. The molecule has 0 atom stereocenters. The highest BCUT2D eigenvalue weighted by Crippen LogP contribution is 2.47. The topological polar surface area (TPSA) is 308 Å². The maximum atomic E-state index is 11.9. The van der Waals surface area contributed by atoms with Gasteiger partial charge < -0.3 is 20.4 Å². The number of rotatable bonds is 20. The van der Waals surface area contributed by atoms with E-state index in [4.69, 9.17) is 23.2 Å². The minimum Gasteiger partial charge on any atom is -0.372 e. The Bertz CT molecular complexity index is 3190. The number of aromatic nitrogens is 5. The Balaban J connectivity index is 1.30. The molecule has 32 heteroatoms. The van der Waals surface area contributed by atoms with Crippen LogP contribution in [0.5, 0.6) is 0 Å². The van der Waals surface area contributed by atoms with Gasteiger partial charge in [-0.2, -0.15) is 49.0 Å². The van der Waals surface area contributed by atoms with Crippen molar-refractivity contribution in [3.05, 3.63) is 46.4 Å². The molecule has 67 heavy (non-hydrogen) atoms. The second-order valence-electron chi connectivity index (χ2n) is 13.5. The van der Waals surface area contributed by atoms with Crippen molar-refractivity contribution >= 4 is 188 Å². The molecule has 5 N–H and O–H groups in total. The van der Waals surface area contributed by atoms with Crippen LogP contribution in [-0.4, -0.2) is 100 Å². The Morgan fingerprint density at radius 3 is 1.43 bits per heavy atom. The van der Waals surface area contributed by atoms with E-state index in [1.807, 2.05) is 39.8 Å². The monoisotopic (exact) mass is 1110 g/mol. The molecular formula is C35H35Cl2N13O9S8. The lowest BCUT2D eigenvalue weighted by atomic mass is 10.2. The molecule has 7 aromatic rings. The number of thioether (sulfide) groups is 1. The fourth-order valence-electron chi connectivity index (χ4n) is 6.19. The summed E-state index contributed by atoms with van der Waals surface area (Å²) >= 11 is 16.9. The number of hydrogen-bond acceptors (Lipinski definition) is 24. The maximum absolute atomic E-state index is 11.9. The Morgan fingerprint density at radius 1 is 0.642 bits per heavy atom. The molecule has 0 spiro atoms. The molecule has 356 valence electrons. The SMILES string of the molecule is CCN(CC)c1ccc(/N=N/c2snc3sc(S(=O)(=O)O)c(Cl)c23)c(Nc2nc(Nc3cc(N(CC)CC)ccc3/N=N/c3snc4sc(S(=O)(=O)O)c(Cl)c34)nc(SCCS(=O)(=O)O)n2)c1. The van der Waals surface area contributed by atoms with Crippen molar-refractivity contribution in [2.75, 3.05) is 58.1 Å². The van der Waals surface area contributed by atoms with E-state index in [1.165, 1.54) is 0 Å². The van der Waals surface area contributed by atoms with Crippen LogP contribution in [0.25, 0.3) is 20.4 Å². The third kappa shape index (κ3) is 11.8. The van der Waals surface area contributed by atoms with Gasteiger partial charge in [0.15, 0.2) is 23.6 Å². The Labute approximate surface area is 413 Å². The van der Waals surface area contributed by atoms with E-state index < -0.39 is 44.5 Å². The quantitative estimate of drug-likeness (QED) is 0.0269. The predicted molar refractivity (Wildman–Crippen MR) is 267 cm³/mol. The van der Waals surface area contributed by atoms with Gasteiger partial charge in [-0.1, -0.05) is 57.6 Å². The van der Waals surface area contributed by atoms with Gasteiger partial charge >= 0.3 is 20.2 Å². The van der Waals surface area contributed by atoms with E-state index in [2.05, 4.69) is 64.6 Å². The van der Waals surface area contributed by atoms with Crippen LogP contribution in [0, 0.1) is 0 Å². The van der Waals surface area contributed by atoms with Crippen LogP contribution in [0.4, 0.5) is 56.0 Å². The normalized spacial score (nSPS) is 12.6. The first-order valence-electron chi connectivity index (χ1n) is 19.3. The van der Waals surface area contributed by atoms with Crippen LogP contribution >= 0.6 is 80.7 Å². The van der Waals surface area contributed by atoms with Gasteiger partial charge in [-0.25, -0.2) is 0 Å². The minimum atomic E-state index is -4.63. The molecule has 7 rings (SSSR count). The first-order valence-corrected chi connectivity index (χ1v) is 28.7. The molecule has 0 radical (unpaired) electrons. The van der Waals surface area contributed by atoms with Crippen LogP contribution in [0.15, 0.2) is 70.4 Å². The highest BCUT2D eigenvalue weighted by molar-refractivity contribution is 8.00. The smallest absolute Gasteiger partial charge is 0.305 e. The van der Waals surface area contributed by atoms with Gasteiger partial charge in [-0.15, -0.1) is 20.5 Å². The number of thiophene rings is 2. The van der Waals surface area contributed by atoms with E-state index in [0.717, 1.165) is 46.2 Å². The van der Waals surface area contributed by atoms with E-state index in [-0.39, 0.29) is 74.7 Å². The van der Waals surface area contributed by atoms with E-state index in [1.54, 1.807) is 24.3 Å². The van der Waals surface area contributed by atoms with Gasteiger partial charge in [0.2, 0.25) is 11.9 Å². The summed E-state index contributed by atoms with van der Waals surface area (Å²) in [5.41, 5.74) is 2.84. The van der Waals surface area contributed by atoms with Gasteiger partial charge in [-0.05, 0) is 87.2 Å². The molecule has 0 amide bonds. The molecule has 0 aliphatic heterocycles. The molecule has 0 saturated carbocycles. The van der Waals surface area contributed by atoms with Crippen molar-refractivity contribution in [3.63, 3.8) is 0 Å². The summed E-state index contributed by atoms with van der Waals surface area (Å²) in [6.07, 6.45) is 0. The van der Waals surface area contributed by atoms with Crippen molar-refractivity contribution in [2.45, 2.75) is 41.3 Å². The number of nitrogens with zero attached hydrogens (tertiary/aromatic N) is 11. The van der Waals surface area contributed by atoms with Crippen molar-refractivity contribution in [1.82, 2.24) is 23.7 Å². The van der Waals surface area contributed by atoms with Crippen LogP contribution in [0.1, 0.15) is 27.7 Å². The lowest BCUT2D eigenvalue weighted by Gasteiger charge is -2.22. The average Bonchev–Trinajstić information content (AvgIpc) is 4.03. The number of benzene rings is 2. The molecule has 0 aliphatic rings. The molecule has 0 bridgehead atoms. The zero-order chi connectivity index (χ0) is 48.4. The molecule has 0 fully saturated rings. The van der Waals surface area contributed by atoms with Gasteiger partial charge in [0, 0.05) is 43.3 Å². The summed E-state index contributed by atoms with van der Waals surface area (Å²) in [5.74, 6) is -0.791. The van der Waals surface area contributed by atoms with Gasteiger partial charge in [0.05, 0.1) is 37.9 Å². The fourth-order valence-corrected chi connectivity index (χ4v) is 14.5. The van der Waals surface area contributed by atoms with Crippen molar-refractivity contribution in [2.24, 2.45) is 20.5 Å². The molecule has 0 saturated heterocycles. The van der Waals surface area contributed by atoms with Gasteiger partial charge in [0.25, 0.3) is 10.1 Å². The van der Waals surface area contributed by atoms with E-state index in [0.29, 0.717) is 60.2 Å². The van der Waals surface area contributed by atoms with Crippen LogP contribution in [0.3, 0.4) is 0 Å². The standard InChI is InChI=1S/C35H35Cl2N13O9S8/c1-5-49(6-2)17-9-11-19(43-45-27-23-25(36)31(66(54,55)56)61-29(23)47-63-27)21(15-17)38-33-40-34(42-35(41-33)60-13-14-65(51,52)53)39-22-16-18(50(7-3)8-4)10-12-20(22)44-46-28-24-26(37)32(67(57,58)59)62-30(24)48-64-28/h9-12,15-16H,5-8,13-14H2,1-4H3,(H,51,52,53)(H,54,55,56)(H,57,58,59)(H2,38,39,40,41,42)/b45-43+,46-44+. The summed E-state index contributed by atoms with van der Waals surface area (Å²) in [6.45, 7) is 10.6. The van der Waals surface area contributed by atoms with Crippen LogP contribution in [0.2, 0.25) is 10.0 Å². The third-order valence-corrected chi connectivity index (χ3v) is 18.9. The lowest BCUT2D eigenvalue weighted by molar-refractivity contribution is 0.483. The Hall–Kier alpha value is -4.31. The minimum absolute atomic E-state index is 0.0317. The molecular weight excluding hydrogens is 1070 g/mol. The average molecular weight is 1110 g/mol. The summed E-state index contributed by atoms with van der Waals surface area (Å²) in [7, 11) is -13.6. The van der Waals surface area contributed by atoms with Crippen LogP contribution < -0.4 is 20.4 Å². The zero-order valence-electron chi connectivity index (χ0n) is 34.9. The number of anilines is 6. The number of halogens is 2. The molecule has 2 aromatic carbocycles. The highest BCUT2D eigenvalue weighted by atomic mass is 35.5. The van der Waals surface area contributed by atoms with Crippen LogP contribution in [-0.2, 0) is 30.4 Å². The molecule has 22 nitrogen and oxygen atoms in total. The Morgan fingerprint density at radius 2 is 1.06 bits per heavy atom. The summed E-state index contributed by atoms with van der Waals surface area (Å²) < 4.78 is 107. The van der Waals surface area contributed by atoms with Crippen molar-refractivity contribution in [1.29, 1.82) is 0 Å². The highest BCUT2D eigenvalue weighted by Gasteiger charge is 2.27. The summed E-state index contributed by atoms with van der Waals surface area (Å²) in [5, 5.41) is 24.4. The predicted octanol–water partition coefficient (Wildman–Crippen LogP) is 11.0. The first kappa shape index (κ1) is 50.6. The fraction of sp³-hybridized carbons (Fsp3) is 0.286.